The molecule has 2 aromatic rings. The first-order valence-electron chi connectivity index (χ1n) is 2.49. The molecule has 4 nitrogen and oxygen atoms in total. The monoisotopic (exact) mass is 119 g/mol. The van der Waals surface area contributed by atoms with E-state index < -0.39 is 0 Å². The standard InChI is InChI=1S/C5H3N4/c1-2-8-9-4-6-3-7-5(1)9/h1-2,4H. The fourth-order valence-electron chi connectivity index (χ4n) is 0.645. The van der Waals surface area contributed by atoms with Gasteiger partial charge in [0.15, 0.2) is 5.65 Å². The van der Waals surface area contributed by atoms with Crippen LogP contribution in [0, 0.1) is 6.33 Å². The van der Waals surface area contributed by atoms with E-state index in [1.54, 1.807) is 23.1 Å². The van der Waals surface area contributed by atoms with Gasteiger partial charge in [-0.25, -0.2) is 14.5 Å². The van der Waals surface area contributed by atoms with Crippen LogP contribution in [0.25, 0.3) is 5.65 Å². The number of aromatic nitrogens is 4. The van der Waals surface area contributed by atoms with Gasteiger partial charge in [-0.2, -0.15) is 5.10 Å². The second-order valence-corrected chi connectivity index (χ2v) is 1.59. The number of nitrogens with zero attached hydrogens (tertiary/aromatic N) is 4. The van der Waals surface area contributed by atoms with E-state index in [9.17, 15) is 0 Å². The molecule has 0 saturated carbocycles. The van der Waals surface area contributed by atoms with Crippen molar-refractivity contribution >= 4 is 5.65 Å². The second-order valence-electron chi connectivity index (χ2n) is 1.59. The van der Waals surface area contributed by atoms with E-state index in [0.717, 1.165) is 5.65 Å². The third-order valence-corrected chi connectivity index (χ3v) is 1.04. The van der Waals surface area contributed by atoms with Crippen molar-refractivity contribution in [3.63, 3.8) is 0 Å². The Labute approximate surface area is 51.2 Å². The maximum atomic E-state index is 3.89. The molecule has 0 aliphatic carbocycles. The van der Waals surface area contributed by atoms with Gasteiger partial charge in [-0.1, -0.05) is 0 Å². The highest BCUT2D eigenvalue weighted by atomic mass is 15.3. The molecule has 43 valence electrons. The van der Waals surface area contributed by atoms with Crippen LogP contribution in [0.3, 0.4) is 0 Å². The van der Waals surface area contributed by atoms with E-state index in [-0.39, 0.29) is 0 Å². The van der Waals surface area contributed by atoms with Crippen LogP contribution in [0.15, 0.2) is 18.6 Å². The Morgan fingerprint density at radius 2 is 2.56 bits per heavy atom. The highest BCUT2D eigenvalue weighted by Crippen LogP contribution is 1.90. The quantitative estimate of drug-likeness (QED) is 0.487. The number of rotatable bonds is 0. The first-order chi connectivity index (χ1) is 4.47. The second kappa shape index (κ2) is 1.51. The summed E-state index contributed by atoms with van der Waals surface area (Å²) in [5, 5.41) is 3.89. The summed E-state index contributed by atoms with van der Waals surface area (Å²) in [4.78, 5) is 7.46. The normalized spacial score (nSPS) is 10.2. The van der Waals surface area contributed by atoms with Crippen LogP contribution in [0.4, 0.5) is 0 Å². The van der Waals surface area contributed by atoms with Gasteiger partial charge in [-0.3, -0.25) is 0 Å². The van der Waals surface area contributed by atoms with Crippen molar-refractivity contribution in [1.29, 1.82) is 0 Å². The molecule has 0 atom stereocenters. The van der Waals surface area contributed by atoms with Crippen molar-refractivity contribution in [3.05, 3.63) is 24.9 Å². The number of hydrogen-bond acceptors (Lipinski definition) is 3. The van der Waals surface area contributed by atoms with Crippen molar-refractivity contribution in [1.82, 2.24) is 19.6 Å². The first-order valence-corrected chi connectivity index (χ1v) is 2.49. The van der Waals surface area contributed by atoms with Gasteiger partial charge in [0.2, 0.25) is 6.33 Å². The first kappa shape index (κ1) is 4.43. The van der Waals surface area contributed by atoms with Crippen LogP contribution in [0.2, 0.25) is 0 Å². The predicted octanol–water partition coefficient (Wildman–Crippen LogP) is -0.0755. The molecule has 2 heterocycles. The van der Waals surface area contributed by atoms with Gasteiger partial charge in [-0.15, -0.1) is 0 Å². The fourth-order valence-corrected chi connectivity index (χ4v) is 0.645. The highest BCUT2D eigenvalue weighted by Gasteiger charge is 1.88. The Morgan fingerprint density at radius 1 is 1.56 bits per heavy atom. The van der Waals surface area contributed by atoms with Gasteiger partial charge in [0.05, 0.1) is 6.20 Å². The molecule has 0 aliphatic heterocycles. The average Bonchev–Trinajstić information content (AvgIpc) is 2.33. The summed E-state index contributed by atoms with van der Waals surface area (Å²) in [6, 6.07) is 1.79. The van der Waals surface area contributed by atoms with Crippen molar-refractivity contribution in [2.24, 2.45) is 0 Å². The van der Waals surface area contributed by atoms with Gasteiger partial charge in [-0.05, 0) is 0 Å². The summed E-state index contributed by atoms with van der Waals surface area (Å²) in [5.41, 5.74) is 0.769. The lowest BCUT2D eigenvalue weighted by Crippen LogP contribution is -1.89. The third-order valence-electron chi connectivity index (χ3n) is 1.04. The van der Waals surface area contributed by atoms with Crippen molar-refractivity contribution in [3.8, 4) is 0 Å². The van der Waals surface area contributed by atoms with E-state index in [0.29, 0.717) is 0 Å². The molecule has 2 aromatic heterocycles. The molecule has 4 heteroatoms. The Morgan fingerprint density at radius 3 is 3.44 bits per heavy atom. The van der Waals surface area contributed by atoms with Crippen LogP contribution < -0.4 is 0 Å². The minimum atomic E-state index is 0.769. The average molecular weight is 119 g/mol. The van der Waals surface area contributed by atoms with Crippen LogP contribution in [0.1, 0.15) is 0 Å². The lowest BCUT2D eigenvalue weighted by Gasteiger charge is -1.84. The lowest BCUT2D eigenvalue weighted by atomic mass is 10.7. The summed E-state index contributed by atoms with van der Waals surface area (Å²) >= 11 is 0. The maximum Gasteiger partial charge on any atom is 0.201 e. The zero-order valence-corrected chi connectivity index (χ0v) is 4.52. The van der Waals surface area contributed by atoms with Gasteiger partial charge >= 0.3 is 0 Å². The van der Waals surface area contributed by atoms with Crippen LogP contribution in [-0.2, 0) is 0 Å². The van der Waals surface area contributed by atoms with Crippen molar-refractivity contribution < 1.29 is 0 Å². The van der Waals surface area contributed by atoms with Crippen molar-refractivity contribution in [2.75, 3.05) is 0 Å². The smallest absolute Gasteiger partial charge is 0.201 e. The molecular formula is C5H3N4. The van der Waals surface area contributed by atoms with Gasteiger partial charge in [0, 0.05) is 6.07 Å². The Bertz CT molecular complexity index is 283. The molecule has 0 N–H and O–H groups in total. The molecule has 0 amide bonds. The molecule has 1 radical (unpaired) electrons. The Kier molecular flexibility index (Phi) is 0.745. The molecule has 0 bridgehead atoms. The van der Waals surface area contributed by atoms with E-state index in [2.05, 4.69) is 21.4 Å². The molecule has 0 aliphatic rings. The Balaban J connectivity index is 2.95. The van der Waals surface area contributed by atoms with Gasteiger partial charge < -0.3 is 0 Å². The molecule has 2 rings (SSSR count). The van der Waals surface area contributed by atoms with Gasteiger partial charge in [0.25, 0.3) is 0 Å². The molecule has 0 unspecified atom stereocenters. The van der Waals surface area contributed by atoms with Crippen LogP contribution >= 0.6 is 0 Å². The molecular weight excluding hydrogens is 116 g/mol. The molecule has 0 spiro atoms. The number of fused-ring (bicyclic) bond motifs is 1. The summed E-state index contributed by atoms with van der Waals surface area (Å²) < 4.78 is 1.58. The third kappa shape index (κ3) is 0.561. The molecule has 9 heavy (non-hydrogen) atoms. The van der Waals surface area contributed by atoms with E-state index in [1.807, 2.05) is 0 Å². The summed E-state index contributed by atoms with van der Waals surface area (Å²) in [7, 11) is 0. The summed E-state index contributed by atoms with van der Waals surface area (Å²) in [6.45, 7) is 0. The molecule has 0 saturated heterocycles. The minimum Gasteiger partial charge on any atom is -0.213 e. The van der Waals surface area contributed by atoms with E-state index in [1.165, 1.54) is 0 Å². The Hall–Kier alpha value is -1.45. The SMILES string of the molecule is [c]1ncn2nccc2n1. The van der Waals surface area contributed by atoms with E-state index >= 15 is 0 Å². The molecule has 0 fully saturated rings. The van der Waals surface area contributed by atoms with Gasteiger partial charge in [0.1, 0.15) is 6.33 Å². The zero-order chi connectivity index (χ0) is 6.10. The minimum absolute atomic E-state index is 0.769. The maximum absolute atomic E-state index is 3.89. The van der Waals surface area contributed by atoms with E-state index in [4.69, 9.17) is 0 Å². The van der Waals surface area contributed by atoms with Crippen molar-refractivity contribution in [2.45, 2.75) is 0 Å². The zero-order valence-electron chi connectivity index (χ0n) is 4.52. The largest absolute Gasteiger partial charge is 0.213 e. The topological polar surface area (TPSA) is 43.1 Å². The lowest BCUT2D eigenvalue weighted by molar-refractivity contribution is 0.887. The fraction of sp³-hybridized carbons (Fsp3) is 0. The predicted molar refractivity (Wildman–Crippen MR) is 29.6 cm³/mol. The van der Waals surface area contributed by atoms with Crippen LogP contribution in [0.5, 0.6) is 0 Å². The van der Waals surface area contributed by atoms with Crippen LogP contribution in [-0.4, -0.2) is 19.6 Å². The summed E-state index contributed by atoms with van der Waals surface area (Å²) in [6.07, 6.45) is 5.68. The molecule has 0 aromatic carbocycles. The summed E-state index contributed by atoms with van der Waals surface area (Å²) in [5.74, 6) is 0. The highest BCUT2D eigenvalue weighted by molar-refractivity contribution is 5.32. The number of hydrogen-bond donors (Lipinski definition) is 0.